The van der Waals surface area contributed by atoms with Crippen LogP contribution in [-0.4, -0.2) is 35.7 Å². The predicted octanol–water partition coefficient (Wildman–Crippen LogP) is 0.419. The molecule has 0 bridgehead atoms. The molecule has 1 amide bonds. The third-order valence-corrected chi connectivity index (χ3v) is 2.71. The summed E-state index contributed by atoms with van der Waals surface area (Å²) in [6.45, 7) is 1.38. The summed E-state index contributed by atoms with van der Waals surface area (Å²) in [5, 5.41) is 8.88. The van der Waals surface area contributed by atoms with E-state index >= 15 is 0 Å². The number of likely N-dealkylation sites (N-methyl/N-ethyl adjacent to an activating group) is 1. The maximum Gasteiger partial charge on any atom is 0.246 e. The Bertz CT molecular complexity index is 579. The number of carbonyl (C=O) groups excluding carboxylic acids is 1. The lowest BCUT2D eigenvalue weighted by Crippen LogP contribution is -2.44. The number of anilines is 1. The summed E-state index contributed by atoms with van der Waals surface area (Å²) in [4.78, 5) is 17.4. The van der Waals surface area contributed by atoms with Gasteiger partial charge in [-0.25, -0.2) is 4.98 Å². The van der Waals surface area contributed by atoms with Crippen molar-refractivity contribution in [1.29, 1.82) is 0 Å². The molecule has 0 saturated heterocycles. The second kappa shape index (κ2) is 4.75. The van der Waals surface area contributed by atoms with Crippen molar-refractivity contribution >= 4 is 22.7 Å². The number of fused-ring (bicyclic) bond motifs is 1. The van der Waals surface area contributed by atoms with E-state index in [1.165, 1.54) is 4.90 Å². The van der Waals surface area contributed by atoms with Crippen molar-refractivity contribution in [1.82, 2.24) is 4.98 Å². The van der Waals surface area contributed by atoms with Gasteiger partial charge in [0, 0.05) is 25.7 Å². The van der Waals surface area contributed by atoms with Crippen molar-refractivity contribution in [2.24, 2.45) is 5.73 Å². The van der Waals surface area contributed by atoms with Gasteiger partial charge >= 0.3 is 0 Å². The SMILES string of the molecule is Cc1nc2ccc(N(C)C(=O)C(N)CO)cc2o1. The topological polar surface area (TPSA) is 92.6 Å². The highest BCUT2D eigenvalue weighted by molar-refractivity contribution is 5.97. The fourth-order valence-electron chi connectivity index (χ4n) is 1.69. The van der Waals surface area contributed by atoms with E-state index < -0.39 is 6.04 Å². The minimum absolute atomic E-state index is 0.354. The molecule has 0 saturated carbocycles. The van der Waals surface area contributed by atoms with Crippen molar-refractivity contribution in [3.05, 3.63) is 24.1 Å². The van der Waals surface area contributed by atoms with Crippen LogP contribution in [0.2, 0.25) is 0 Å². The summed E-state index contributed by atoms with van der Waals surface area (Å²) < 4.78 is 5.40. The fourth-order valence-corrected chi connectivity index (χ4v) is 1.69. The molecule has 1 aromatic carbocycles. The first-order valence-corrected chi connectivity index (χ1v) is 5.54. The number of benzene rings is 1. The number of oxazole rings is 1. The van der Waals surface area contributed by atoms with Crippen LogP contribution < -0.4 is 10.6 Å². The van der Waals surface area contributed by atoms with Gasteiger partial charge in [0.25, 0.3) is 0 Å². The van der Waals surface area contributed by atoms with Crippen molar-refractivity contribution in [3.63, 3.8) is 0 Å². The van der Waals surface area contributed by atoms with Gasteiger partial charge in [-0.05, 0) is 12.1 Å². The standard InChI is InChI=1S/C12H15N3O3/c1-7-14-10-4-3-8(5-11(10)18-7)15(2)12(17)9(13)6-16/h3-5,9,16H,6,13H2,1-2H3. The second-order valence-corrected chi connectivity index (χ2v) is 4.07. The number of carbonyl (C=O) groups is 1. The number of rotatable bonds is 3. The molecule has 1 heterocycles. The molecule has 0 radical (unpaired) electrons. The molecular formula is C12H15N3O3. The van der Waals surface area contributed by atoms with E-state index in [0.717, 1.165) is 5.52 Å². The largest absolute Gasteiger partial charge is 0.441 e. The van der Waals surface area contributed by atoms with Gasteiger partial charge in [-0.3, -0.25) is 4.79 Å². The zero-order valence-corrected chi connectivity index (χ0v) is 10.3. The Balaban J connectivity index is 2.32. The molecule has 2 rings (SSSR count). The Morgan fingerprint density at radius 3 is 3.00 bits per heavy atom. The Morgan fingerprint density at radius 2 is 2.33 bits per heavy atom. The number of nitrogens with two attached hydrogens (primary N) is 1. The number of hydrogen-bond donors (Lipinski definition) is 2. The molecule has 0 aliphatic heterocycles. The van der Waals surface area contributed by atoms with Crippen LogP contribution in [0.5, 0.6) is 0 Å². The Kier molecular flexibility index (Phi) is 3.31. The lowest BCUT2D eigenvalue weighted by molar-refractivity contribution is -0.120. The molecule has 0 spiro atoms. The van der Waals surface area contributed by atoms with Crippen LogP contribution in [0.25, 0.3) is 11.1 Å². The van der Waals surface area contributed by atoms with Gasteiger partial charge in [0.05, 0.1) is 6.61 Å². The van der Waals surface area contributed by atoms with Crippen LogP contribution in [0.3, 0.4) is 0 Å². The zero-order chi connectivity index (χ0) is 13.3. The van der Waals surface area contributed by atoms with Crippen LogP contribution >= 0.6 is 0 Å². The average molecular weight is 249 g/mol. The molecule has 0 aliphatic carbocycles. The van der Waals surface area contributed by atoms with E-state index in [0.29, 0.717) is 17.2 Å². The van der Waals surface area contributed by atoms with Crippen molar-refractivity contribution in [3.8, 4) is 0 Å². The minimum atomic E-state index is -0.915. The van der Waals surface area contributed by atoms with Crippen molar-refractivity contribution < 1.29 is 14.3 Å². The summed E-state index contributed by atoms with van der Waals surface area (Å²) in [6.07, 6.45) is 0. The number of aromatic nitrogens is 1. The molecule has 0 fully saturated rings. The van der Waals surface area contributed by atoms with Gasteiger partial charge in [0.1, 0.15) is 11.6 Å². The van der Waals surface area contributed by atoms with Crippen LogP contribution in [0.4, 0.5) is 5.69 Å². The summed E-state index contributed by atoms with van der Waals surface area (Å²) in [5.41, 5.74) is 7.49. The molecule has 2 aromatic rings. The van der Waals surface area contributed by atoms with E-state index in [4.69, 9.17) is 15.3 Å². The highest BCUT2D eigenvalue weighted by Gasteiger charge is 2.19. The van der Waals surface area contributed by atoms with E-state index in [9.17, 15) is 4.79 Å². The van der Waals surface area contributed by atoms with Gasteiger partial charge in [-0.1, -0.05) is 0 Å². The first-order chi connectivity index (χ1) is 8.52. The molecule has 96 valence electrons. The first-order valence-electron chi connectivity index (χ1n) is 5.54. The second-order valence-electron chi connectivity index (χ2n) is 4.07. The van der Waals surface area contributed by atoms with Gasteiger partial charge in [0.15, 0.2) is 11.5 Å². The van der Waals surface area contributed by atoms with Crippen LogP contribution in [-0.2, 0) is 4.79 Å². The molecule has 3 N–H and O–H groups in total. The number of aliphatic hydroxyl groups excluding tert-OH is 1. The molecule has 1 aromatic heterocycles. The Labute approximate surface area is 104 Å². The van der Waals surface area contributed by atoms with Gasteiger partial charge < -0.3 is 20.2 Å². The van der Waals surface area contributed by atoms with Crippen LogP contribution in [0.1, 0.15) is 5.89 Å². The van der Waals surface area contributed by atoms with Crippen LogP contribution in [0.15, 0.2) is 22.6 Å². The smallest absolute Gasteiger partial charge is 0.246 e. The van der Waals surface area contributed by atoms with Crippen LogP contribution in [0, 0.1) is 6.92 Å². The highest BCUT2D eigenvalue weighted by Crippen LogP contribution is 2.22. The molecule has 1 unspecified atom stereocenters. The first kappa shape index (κ1) is 12.5. The molecule has 0 aliphatic rings. The maximum absolute atomic E-state index is 11.8. The average Bonchev–Trinajstić information content (AvgIpc) is 2.74. The minimum Gasteiger partial charge on any atom is -0.441 e. The lowest BCUT2D eigenvalue weighted by atomic mass is 10.2. The highest BCUT2D eigenvalue weighted by atomic mass is 16.3. The number of aliphatic hydroxyl groups is 1. The molecule has 6 nitrogen and oxygen atoms in total. The van der Waals surface area contributed by atoms with E-state index in [1.54, 1.807) is 32.2 Å². The van der Waals surface area contributed by atoms with Crippen molar-refractivity contribution in [2.45, 2.75) is 13.0 Å². The Morgan fingerprint density at radius 1 is 1.61 bits per heavy atom. The third-order valence-electron chi connectivity index (χ3n) is 2.71. The summed E-state index contributed by atoms with van der Waals surface area (Å²) >= 11 is 0. The van der Waals surface area contributed by atoms with Gasteiger partial charge in [-0.15, -0.1) is 0 Å². The molecule has 6 heteroatoms. The Hall–Kier alpha value is -1.92. The molecule has 18 heavy (non-hydrogen) atoms. The lowest BCUT2D eigenvalue weighted by Gasteiger charge is -2.20. The summed E-state index contributed by atoms with van der Waals surface area (Å²) in [7, 11) is 1.60. The molecular weight excluding hydrogens is 234 g/mol. The monoisotopic (exact) mass is 249 g/mol. The summed E-state index contributed by atoms with van der Waals surface area (Å²) in [5.74, 6) is 0.219. The fraction of sp³-hybridized carbons (Fsp3) is 0.333. The van der Waals surface area contributed by atoms with Gasteiger partial charge in [-0.2, -0.15) is 0 Å². The summed E-state index contributed by atoms with van der Waals surface area (Å²) in [6, 6.07) is 4.33. The van der Waals surface area contributed by atoms with Crippen molar-refractivity contribution in [2.75, 3.05) is 18.6 Å². The number of amides is 1. The number of aryl methyl sites for hydroxylation is 1. The zero-order valence-electron chi connectivity index (χ0n) is 10.3. The van der Waals surface area contributed by atoms with E-state index in [2.05, 4.69) is 4.98 Å². The third kappa shape index (κ3) is 2.20. The maximum atomic E-state index is 11.8. The van der Waals surface area contributed by atoms with E-state index in [-0.39, 0.29) is 12.5 Å². The normalized spacial score (nSPS) is 12.7. The van der Waals surface area contributed by atoms with Gasteiger partial charge in [0.2, 0.25) is 5.91 Å². The number of hydrogen-bond acceptors (Lipinski definition) is 5. The number of nitrogens with zero attached hydrogens (tertiary/aromatic N) is 2. The predicted molar refractivity (Wildman–Crippen MR) is 67.2 cm³/mol. The quantitative estimate of drug-likeness (QED) is 0.822. The van der Waals surface area contributed by atoms with E-state index in [1.807, 2.05) is 0 Å². The molecule has 1 atom stereocenters.